The number of rotatable bonds is 4. The first kappa shape index (κ1) is 16.3. The van der Waals surface area contributed by atoms with Crippen molar-refractivity contribution >= 4 is 30.1 Å². The quantitative estimate of drug-likeness (QED) is 0.349. The molecule has 0 aliphatic rings. The molecule has 0 radical (unpaired) electrons. The molecule has 1 heteroatoms. The van der Waals surface area contributed by atoms with Crippen LogP contribution in [-0.2, 0) is 12.6 Å². The van der Waals surface area contributed by atoms with Crippen LogP contribution in [-0.4, -0.2) is 6.66 Å². The number of aryl methyl sites for hydroxylation is 1. The second kappa shape index (κ2) is 6.98. The zero-order chi connectivity index (χ0) is 17.2. The Hall–Kier alpha value is -2.17. The fourth-order valence-electron chi connectivity index (χ4n) is 3.86. The summed E-state index contributed by atoms with van der Waals surface area (Å²) in [7, 11) is 0.922. The van der Waals surface area contributed by atoms with Gasteiger partial charge in [0.25, 0.3) is 0 Å². The second-order valence-electron chi connectivity index (χ2n) is 6.53. The van der Waals surface area contributed by atoms with Crippen LogP contribution in [0.1, 0.15) is 18.1 Å². The number of hydrogen-bond donors (Lipinski definition) is 0. The first-order valence-corrected chi connectivity index (χ1v) is 10.7. The van der Waals surface area contributed by atoms with Crippen molar-refractivity contribution < 1.29 is 0 Å². The lowest BCUT2D eigenvalue weighted by Gasteiger charge is -2.18. The minimum atomic E-state index is 0.922. The lowest BCUT2D eigenvalue weighted by Crippen LogP contribution is -1.95. The number of benzene rings is 4. The summed E-state index contributed by atoms with van der Waals surface area (Å²) in [4.78, 5) is 0. The van der Waals surface area contributed by atoms with Gasteiger partial charge in [-0.25, -0.2) is 0 Å². The van der Waals surface area contributed by atoms with Crippen molar-refractivity contribution in [3.05, 3.63) is 83.9 Å². The van der Waals surface area contributed by atoms with E-state index in [9.17, 15) is 0 Å². The van der Waals surface area contributed by atoms with Crippen LogP contribution in [0, 0.1) is 0 Å². The molecule has 4 aromatic rings. The van der Waals surface area contributed by atoms with Crippen molar-refractivity contribution in [1.29, 1.82) is 0 Å². The lowest BCUT2D eigenvalue weighted by atomic mass is 9.87. The van der Waals surface area contributed by atoms with Crippen LogP contribution in [0.4, 0.5) is 0 Å². The molecule has 1 unspecified atom stereocenters. The zero-order valence-corrected chi connectivity index (χ0v) is 15.8. The van der Waals surface area contributed by atoms with Crippen molar-refractivity contribution in [1.82, 2.24) is 0 Å². The van der Waals surface area contributed by atoms with E-state index in [0.717, 1.165) is 21.2 Å². The van der Waals surface area contributed by atoms with Crippen LogP contribution >= 0.6 is 8.58 Å². The Balaban J connectivity index is 2.17. The van der Waals surface area contributed by atoms with E-state index in [4.69, 9.17) is 0 Å². The van der Waals surface area contributed by atoms with Crippen LogP contribution in [0.3, 0.4) is 0 Å². The molecule has 0 aliphatic heterocycles. The van der Waals surface area contributed by atoms with E-state index in [-0.39, 0.29) is 0 Å². The largest absolute Gasteiger partial charge is 0.121 e. The van der Waals surface area contributed by atoms with E-state index in [0.29, 0.717) is 0 Å². The van der Waals surface area contributed by atoms with Gasteiger partial charge in [-0.15, -0.1) is 8.58 Å². The van der Waals surface area contributed by atoms with Gasteiger partial charge in [-0.1, -0.05) is 79.7 Å². The van der Waals surface area contributed by atoms with Crippen LogP contribution in [0.5, 0.6) is 0 Å². The monoisotopic (exact) mass is 342 g/mol. The molecule has 0 saturated carbocycles. The van der Waals surface area contributed by atoms with Crippen molar-refractivity contribution in [3.8, 4) is 11.1 Å². The Morgan fingerprint density at radius 2 is 1.16 bits per heavy atom. The number of hydrogen-bond acceptors (Lipinski definition) is 0. The van der Waals surface area contributed by atoms with Gasteiger partial charge in [-0.2, -0.15) is 0 Å². The molecule has 25 heavy (non-hydrogen) atoms. The van der Waals surface area contributed by atoms with Gasteiger partial charge < -0.3 is 0 Å². The van der Waals surface area contributed by atoms with Gasteiger partial charge in [0.15, 0.2) is 0 Å². The van der Waals surface area contributed by atoms with Crippen LogP contribution < -0.4 is 0 Å². The first-order chi connectivity index (χ1) is 12.3. The minimum Gasteiger partial charge on any atom is -0.121 e. The summed E-state index contributed by atoms with van der Waals surface area (Å²) in [5.74, 6) is 0. The maximum Gasteiger partial charge on any atom is -0.00608 e. The van der Waals surface area contributed by atoms with Gasteiger partial charge in [-0.3, -0.25) is 0 Å². The minimum absolute atomic E-state index is 0.922. The smallest absolute Gasteiger partial charge is 0.00608 e. The molecule has 0 aliphatic carbocycles. The SMILES string of the molecule is CCc1ccc2ccccc2c1-c1c(CPC)ccc2ccccc12. The van der Waals surface area contributed by atoms with E-state index in [1.54, 1.807) is 0 Å². The Morgan fingerprint density at radius 1 is 0.640 bits per heavy atom. The van der Waals surface area contributed by atoms with Crippen LogP contribution in [0.2, 0.25) is 0 Å². The molecule has 0 nitrogen and oxygen atoms in total. The third-order valence-electron chi connectivity index (χ3n) is 5.03. The normalized spacial score (nSPS) is 11.8. The third-order valence-corrected chi connectivity index (χ3v) is 5.76. The summed E-state index contributed by atoms with van der Waals surface area (Å²) >= 11 is 0. The number of fused-ring (bicyclic) bond motifs is 2. The molecule has 0 saturated heterocycles. The molecule has 124 valence electrons. The van der Waals surface area contributed by atoms with E-state index in [1.807, 2.05) is 0 Å². The summed E-state index contributed by atoms with van der Waals surface area (Å²) in [6.45, 7) is 4.56. The van der Waals surface area contributed by atoms with Gasteiger partial charge in [0, 0.05) is 0 Å². The second-order valence-corrected chi connectivity index (χ2v) is 7.59. The Bertz CT molecular complexity index is 1050. The highest BCUT2D eigenvalue weighted by molar-refractivity contribution is 7.36. The summed E-state index contributed by atoms with van der Waals surface area (Å²) in [6.07, 6.45) is 2.20. The van der Waals surface area contributed by atoms with Gasteiger partial charge in [0.05, 0.1) is 0 Å². The predicted octanol–water partition coefficient (Wildman–Crippen LogP) is 7.03. The maximum atomic E-state index is 2.34. The molecule has 4 rings (SSSR count). The van der Waals surface area contributed by atoms with E-state index in [1.165, 1.54) is 43.8 Å². The first-order valence-electron chi connectivity index (χ1n) is 8.99. The third kappa shape index (κ3) is 2.86. The van der Waals surface area contributed by atoms with E-state index in [2.05, 4.69) is 86.4 Å². The Labute approximate surface area is 151 Å². The van der Waals surface area contributed by atoms with Crippen LogP contribution in [0.25, 0.3) is 32.7 Å². The summed E-state index contributed by atoms with van der Waals surface area (Å²) in [6, 6.07) is 26.8. The molecule has 0 bridgehead atoms. The molecule has 0 heterocycles. The predicted molar refractivity (Wildman–Crippen MR) is 114 cm³/mol. The van der Waals surface area contributed by atoms with Crippen molar-refractivity contribution in [2.45, 2.75) is 19.5 Å². The average molecular weight is 342 g/mol. The molecule has 0 fully saturated rings. The van der Waals surface area contributed by atoms with Crippen molar-refractivity contribution in [3.63, 3.8) is 0 Å². The van der Waals surface area contributed by atoms with Gasteiger partial charge in [0.1, 0.15) is 0 Å². The summed E-state index contributed by atoms with van der Waals surface area (Å²) in [5.41, 5.74) is 5.80. The fraction of sp³-hybridized carbons (Fsp3) is 0.167. The highest BCUT2D eigenvalue weighted by atomic mass is 31.1. The Kier molecular flexibility index (Phi) is 4.55. The van der Waals surface area contributed by atoms with E-state index >= 15 is 0 Å². The van der Waals surface area contributed by atoms with Gasteiger partial charge in [-0.05, 0) is 63.0 Å². The standard InChI is InChI=1S/C24H23P/c1-3-17-12-13-18-8-4-6-10-21(18)23(17)24-20(16-25-2)15-14-19-9-5-7-11-22(19)24/h4-15,25H,3,16H2,1-2H3. The molecule has 4 aromatic carbocycles. The fourth-order valence-corrected chi connectivity index (χ4v) is 4.53. The molecular weight excluding hydrogens is 319 g/mol. The van der Waals surface area contributed by atoms with E-state index < -0.39 is 0 Å². The van der Waals surface area contributed by atoms with Crippen molar-refractivity contribution in [2.75, 3.05) is 6.66 Å². The Morgan fingerprint density at radius 3 is 1.72 bits per heavy atom. The highest BCUT2D eigenvalue weighted by Crippen LogP contribution is 2.40. The van der Waals surface area contributed by atoms with Gasteiger partial charge in [0.2, 0.25) is 0 Å². The maximum absolute atomic E-state index is 2.34. The van der Waals surface area contributed by atoms with Crippen molar-refractivity contribution in [2.24, 2.45) is 0 Å². The summed E-state index contributed by atoms with van der Waals surface area (Å²) < 4.78 is 0. The molecule has 0 N–H and O–H groups in total. The average Bonchev–Trinajstić information content (AvgIpc) is 2.67. The zero-order valence-electron chi connectivity index (χ0n) is 14.8. The summed E-state index contributed by atoms with van der Waals surface area (Å²) in [5, 5.41) is 5.41. The lowest BCUT2D eigenvalue weighted by molar-refractivity contribution is 1.15. The molecule has 0 amide bonds. The topological polar surface area (TPSA) is 0 Å². The highest BCUT2D eigenvalue weighted by Gasteiger charge is 2.15. The molecule has 0 aromatic heterocycles. The molecule has 0 spiro atoms. The van der Waals surface area contributed by atoms with Gasteiger partial charge >= 0.3 is 0 Å². The van der Waals surface area contributed by atoms with Crippen LogP contribution in [0.15, 0.2) is 72.8 Å². The molecule has 1 atom stereocenters. The molecular formula is C24H23P.